The first-order chi connectivity index (χ1) is 13.2. The molecule has 0 bridgehead atoms. The van der Waals surface area contributed by atoms with E-state index >= 15 is 0 Å². The molecule has 3 rings (SSSR count). The van der Waals surface area contributed by atoms with Crippen LogP contribution in [-0.4, -0.2) is 68.7 Å². The largest absolute Gasteiger partial charge is 0.493 e. The second kappa shape index (κ2) is 7.86. The Morgan fingerprint density at radius 3 is 2.46 bits per heavy atom. The van der Waals surface area contributed by atoms with Gasteiger partial charge in [0.2, 0.25) is 10.0 Å². The molecule has 0 radical (unpaired) electrons. The quantitative estimate of drug-likeness (QED) is 0.426. The molecule has 1 atom stereocenters. The van der Waals surface area contributed by atoms with Gasteiger partial charge < -0.3 is 24.2 Å². The molecular formula is C18H26N2O7S. The maximum atomic E-state index is 12.9. The van der Waals surface area contributed by atoms with Crippen LogP contribution in [0.5, 0.6) is 11.5 Å². The normalized spacial score (nSPS) is 22.7. The van der Waals surface area contributed by atoms with Gasteiger partial charge in [-0.25, -0.2) is 8.42 Å². The Balaban J connectivity index is 1.76. The number of hydrogen-bond donors (Lipinski definition) is 1. The average Bonchev–Trinajstić information content (AvgIpc) is 3.04. The fraction of sp³-hybridized carbons (Fsp3) is 0.611. The standard InChI is InChI=1S/C18H26N2O7S/c1-18(2)26-10-17(27-18)14(19-21)11-28(22,23)20-6-5-12-7-15(24-3)16(25-4)8-13(12)9-20/h7-8,17,21H,5-6,9-11H2,1-4H3/t17-/m1/s1. The lowest BCUT2D eigenvalue weighted by molar-refractivity contribution is -0.131. The monoisotopic (exact) mass is 414 g/mol. The fourth-order valence-electron chi connectivity index (χ4n) is 3.41. The lowest BCUT2D eigenvalue weighted by atomic mass is 10.0. The van der Waals surface area contributed by atoms with Crippen molar-refractivity contribution in [3.63, 3.8) is 0 Å². The van der Waals surface area contributed by atoms with Crippen molar-refractivity contribution in [2.45, 2.75) is 38.7 Å². The second-order valence-electron chi connectivity index (χ2n) is 7.22. The first kappa shape index (κ1) is 20.8. The van der Waals surface area contributed by atoms with Crippen molar-refractivity contribution in [3.8, 4) is 11.5 Å². The van der Waals surface area contributed by atoms with E-state index in [-0.39, 0.29) is 18.9 Å². The summed E-state index contributed by atoms with van der Waals surface area (Å²) in [6.07, 6.45) is -0.146. The highest BCUT2D eigenvalue weighted by atomic mass is 32.2. The van der Waals surface area contributed by atoms with Gasteiger partial charge in [0.25, 0.3) is 0 Å². The molecule has 1 N–H and O–H groups in total. The van der Waals surface area contributed by atoms with Crippen molar-refractivity contribution >= 4 is 15.7 Å². The van der Waals surface area contributed by atoms with Crippen LogP contribution in [0, 0.1) is 0 Å². The maximum absolute atomic E-state index is 12.9. The Labute approximate surface area is 164 Å². The van der Waals surface area contributed by atoms with Crippen molar-refractivity contribution in [2.24, 2.45) is 5.16 Å². The molecule has 0 saturated carbocycles. The van der Waals surface area contributed by atoms with Gasteiger partial charge in [-0.05, 0) is 43.5 Å². The molecule has 1 aromatic carbocycles. The Morgan fingerprint density at radius 1 is 1.29 bits per heavy atom. The third-order valence-electron chi connectivity index (χ3n) is 4.92. The summed E-state index contributed by atoms with van der Waals surface area (Å²) >= 11 is 0. The van der Waals surface area contributed by atoms with Gasteiger partial charge in [-0.1, -0.05) is 5.16 Å². The Bertz CT molecular complexity index is 867. The van der Waals surface area contributed by atoms with E-state index in [9.17, 15) is 13.6 Å². The van der Waals surface area contributed by atoms with E-state index in [0.29, 0.717) is 24.5 Å². The van der Waals surface area contributed by atoms with E-state index in [0.717, 1.165) is 11.1 Å². The third-order valence-corrected chi connectivity index (χ3v) is 6.67. The summed E-state index contributed by atoms with van der Waals surface area (Å²) in [7, 11) is -0.609. The van der Waals surface area contributed by atoms with Gasteiger partial charge >= 0.3 is 0 Å². The Kier molecular flexibility index (Phi) is 5.85. The van der Waals surface area contributed by atoms with Crippen molar-refractivity contribution in [1.82, 2.24) is 4.31 Å². The highest BCUT2D eigenvalue weighted by Gasteiger charge is 2.39. The SMILES string of the molecule is COc1cc2c(cc1OC)CN(S(=O)(=O)CC(=NO)[C@H]1COC(C)(C)O1)CC2. The van der Waals surface area contributed by atoms with E-state index in [4.69, 9.17) is 18.9 Å². The topological polar surface area (TPSA) is 107 Å². The second-order valence-corrected chi connectivity index (χ2v) is 9.19. The van der Waals surface area contributed by atoms with Crippen molar-refractivity contribution in [3.05, 3.63) is 23.3 Å². The van der Waals surface area contributed by atoms with Gasteiger partial charge in [-0.2, -0.15) is 4.31 Å². The van der Waals surface area contributed by atoms with E-state index in [1.54, 1.807) is 27.0 Å². The molecule has 1 saturated heterocycles. The van der Waals surface area contributed by atoms with Gasteiger partial charge in [-0.15, -0.1) is 0 Å². The number of oxime groups is 1. The number of rotatable bonds is 6. The van der Waals surface area contributed by atoms with Crippen LogP contribution in [0.1, 0.15) is 25.0 Å². The number of fused-ring (bicyclic) bond motifs is 1. The van der Waals surface area contributed by atoms with Gasteiger partial charge in [0, 0.05) is 13.1 Å². The summed E-state index contributed by atoms with van der Waals surface area (Å²) in [5, 5.41) is 12.5. The van der Waals surface area contributed by atoms with E-state index < -0.39 is 27.7 Å². The summed E-state index contributed by atoms with van der Waals surface area (Å²) in [5.74, 6) is -0.106. The van der Waals surface area contributed by atoms with Crippen LogP contribution in [0.3, 0.4) is 0 Å². The Morgan fingerprint density at radius 2 is 1.93 bits per heavy atom. The molecule has 2 heterocycles. The smallest absolute Gasteiger partial charge is 0.220 e. The molecule has 28 heavy (non-hydrogen) atoms. The average molecular weight is 414 g/mol. The predicted molar refractivity (Wildman–Crippen MR) is 102 cm³/mol. The molecule has 0 aliphatic carbocycles. The van der Waals surface area contributed by atoms with Gasteiger partial charge in [-0.3, -0.25) is 0 Å². The van der Waals surface area contributed by atoms with Gasteiger partial charge in [0.15, 0.2) is 17.3 Å². The number of benzene rings is 1. The zero-order valence-electron chi connectivity index (χ0n) is 16.5. The highest BCUT2D eigenvalue weighted by molar-refractivity contribution is 7.89. The molecule has 0 spiro atoms. The minimum absolute atomic E-state index is 0.0312. The first-order valence-corrected chi connectivity index (χ1v) is 10.5. The fourth-order valence-corrected chi connectivity index (χ4v) is 4.92. The minimum atomic E-state index is -3.71. The zero-order valence-corrected chi connectivity index (χ0v) is 17.3. The van der Waals surface area contributed by atoms with Crippen LogP contribution in [0.4, 0.5) is 0 Å². The lowest BCUT2D eigenvalue weighted by Crippen LogP contribution is -2.42. The molecule has 1 fully saturated rings. The van der Waals surface area contributed by atoms with Crippen LogP contribution in [-0.2, 0) is 32.5 Å². The molecule has 2 aliphatic rings. The molecule has 0 unspecified atom stereocenters. The molecule has 10 heteroatoms. The molecular weight excluding hydrogens is 388 g/mol. The number of methoxy groups -OCH3 is 2. The molecule has 2 aliphatic heterocycles. The van der Waals surface area contributed by atoms with Gasteiger partial charge in [0.05, 0.1) is 20.8 Å². The molecule has 0 amide bonds. The minimum Gasteiger partial charge on any atom is -0.493 e. The van der Waals surface area contributed by atoms with Crippen LogP contribution in [0.25, 0.3) is 0 Å². The van der Waals surface area contributed by atoms with Crippen LogP contribution in [0.2, 0.25) is 0 Å². The van der Waals surface area contributed by atoms with Crippen molar-refractivity contribution in [1.29, 1.82) is 0 Å². The molecule has 9 nitrogen and oxygen atoms in total. The molecule has 0 aromatic heterocycles. The summed E-state index contributed by atoms with van der Waals surface area (Å²) < 4.78 is 49.0. The summed E-state index contributed by atoms with van der Waals surface area (Å²) in [6, 6.07) is 3.68. The number of nitrogens with zero attached hydrogens (tertiary/aromatic N) is 2. The highest BCUT2D eigenvalue weighted by Crippen LogP contribution is 2.34. The van der Waals surface area contributed by atoms with Crippen molar-refractivity contribution < 1.29 is 32.6 Å². The molecule has 156 valence electrons. The van der Waals surface area contributed by atoms with Gasteiger partial charge in [0.1, 0.15) is 17.6 Å². The molecule has 1 aromatic rings. The summed E-state index contributed by atoms with van der Waals surface area (Å²) in [5.41, 5.74) is 1.91. The zero-order chi connectivity index (χ0) is 20.5. The van der Waals surface area contributed by atoms with E-state index in [1.807, 2.05) is 6.07 Å². The first-order valence-electron chi connectivity index (χ1n) is 8.93. The number of ether oxygens (including phenoxy) is 4. The van der Waals surface area contributed by atoms with Crippen LogP contribution < -0.4 is 9.47 Å². The third kappa shape index (κ3) is 4.24. The summed E-state index contributed by atoms with van der Waals surface area (Å²) in [6.45, 7) is 4.13. The number of hydrogen-bond acceptors (Lipinski definition) is 8. The van der Waals surface area contributed by atoms with Crippen LogP contribution >= 0.6 is 0 Å². The van der Waals surface area contributed by atoms with E-state index in [1.165, 1.54) is 11.4 Å². The lowest BCUT2D eigenvalue weighted by Gasteiger charge is -2.29. The Hall–Kier alpha value is -1.88. The maximum Gasteiger partial charge on any atom is 0.220 e. The van der Waals surface area contributed by atoms with Crippen LogP contribution in [0.15, 0.2) is 17.3 Å². The van der Waals surface area contributed by atoms with E-state index in [2.05, 4.69) is 5.16 Å². The van der Waals surface area contributed by atoms with Crippen molar-refractivity contribution in [2.75, 3.05) is 33.1 Å². The predicted octanol–water partition coefficient (Wildman–Crippen LogP) is 1.37. The number of sulfonamides is 1. The summed E-state index contributed by atoms with van der Waals surface area (Å²) in [4.78, 5) is 0.